The molecule has 2 rings (SSSR count). The zero-order chi connectivity index (χ0) is 12.3. The second-order valence-electron chi connectivity index (χ2n) is 3.97. The molecule has 1 atom stereocenters. The molecular weight excluding hydrogens is 218 g/mol. The average Bonchev–Trinajstić information content (AvgIpc) is 2.91. The van der Waals surface area contributed by atoms with E-state index in [4.69, 9.17) is 10.3 Å². The van der Waals surface area contributed by atoms with Gasteiger partial charge in [-0.3, -0.25) is 5.84 Å². The number of hydrazine groups is 1. The van der Waals surface area contributed by atoms with Gasteiger partial charge in [0.1, 0.15) is 5.76 Å². The Morgan fingerprint density at radius 1 is 1.59 bits per heavy atom. The molecule has 2 aromatic rings. The van der Waals surface area contributed by atoms with Crippen molar-refractivity contribution in [3.05, 3.63) is 35.5 Å². The van der Waals surface area contributed by atoms with Gasteiger partial charge in [0.25, 0.3) is 0 Å². The molecule has 0 saturated heterocycles. The van der Waals surface area contributed by atoms with Crippen LogP contribution in [-0.4, -0.2) is 15.0 Å². The Labute approximate surface area is 99.8 Å². The lowest BCUT2D eigenvalue weighted by Gasteiger charge is -2.14. The monoisotopic (exact) mass is 235 g/mol. The molecule has 92 valence electrons. The predicted octanol–water partition coefficient (Wildman–Crippen LogP) is 1.14. The summed E-state index contributed by atoms with van der Waals surface area (Å²) >= 11 is 0. The first-order chi connectivity index (χ1) is 8.26. The van der Waals surface area contributed by atoms with Crippen molar-refractivity contribution in [2.24, 2.45) is 5.84 Å². The summed E-state index contributed by atoms with van der Waals surface area (Å²) in [6.45, 7) is 4.82. The predicted molar refractivity (Wildman–Crippen MR) is 62.9 cm³/mol. The maximum atomic E-state index is 5.61. The number of aromatic nitrogens is 3. The molecule has 0 spiro atoms. The van der Waals surface area contributed by atoms with E-state index in [1.54, 1.807) is 12.5 Å². The van der Waals surface area contributed by atoms with Crippen LogP contribution < -0.4 is 11.3 Å². The Kier molecular flexibility index (Phi) is 3.55. The van der Waals surface area contributed by atoms with E-state index >= 15 is 0 Å². The van der Waals surface area contributed by atoms with Gasteiger partial charge in [0, 0.05) is 12.1 Å². The molecular formula is C11H17N5O. The zero-order valence-corrected chi connectivity index (χ0v) is 10.1. The SMILES string of the molecule is CCCn1nncc1C(NN)c1coc(C)c1. The first kappa shape index (κ1) is 11.8. The molecule has 2 aromatic heterocycles. The number of nitrogens with two attached hydrogens (primary N) is 1. The van der Waals surface area contributed by atoms with Crippen LogP contribution in [0.1, 0.15) is 36.4 Å². The number of aryl methyl sites for hydroxylation is 2. The van der Waals surface area contributed by atoms with E-state index in [-0.39, 0.29) is 6.04 Å². The Morgan fingerprint density at radius 2 is 2.41 bits per heavy atom. The summed E-state index contributed by atoms with van der Waals surface area (Å²) in [6.07, 6.45) is 4.42. The van der Waals surface area contributed by atoms with Crippen LogP contribution in [0.25, 0.3) is 0 Å². The van der Waals surface area contributed by atoms with E-state index < -0.39 is 0 Å². The van der Waals surface area contributed by atoms with Gasteiger partial charge in [0.15, 0.2) is 0 Å². The van der Waals surface area contributed by atoms with Gasteiger partial charge in [-0.05, 0) is 19.4 Å². The van der Waals surface area contributed by atoms with Gasteiger partial charge in [0.2, 0.25) is 0 Å². The van der Waals surface area contributed by atoms with Gasteiger partial charge in [-0.2, -0.15) is 0 Å². The van der Waals surface area contributed by atoms with Gasteiger partial charge >= 0.3 is 0 Å². The summed E-state index contributed by atoms with van der Waals surface area (Å²) in [5.41, 5.74) is 4.69. The third-order valence-corrected chi connectivity index (χ3v) is 2.63. The number of rotatable bonds is 5. The van der Waals surface area contributed by atoms with E-state index in [1.165, 1.54) is 0 Å². The molecule has 3 N–H and O–H groups in total. The number of hydrogen-bond donors (Lipinski definition) is 2. The largest absolute Gasteiger partial charge is 0.469 e. The summed E-state index contributed by atoms with van der Waals surface area (Å²) in [7, 11) is 0. The highest BCUT2D eigenvalue weighted by molar-refractivity contribution is 5.24. The fraction of sp³-hybridized carbons (Fsp3) is 0.455. The third-order valence-electron chi connectivity index (χ3n) is 2.63. The number of furan rings is 1. The molecule has 0 bridgehead atoms. The van der Waals surface area contributed by atoms with Crippen LogP contribution in [0.15, 0.2) is 22.9 Å². The van der Waals surface area contributed by atoms with Crippen molar-refractivity contribution in [1.82, 2.24) is 20.4 Å². The van der Waals surface area contributed by atoms with E-state index in [9.17, 15) is 0 Å². The molecule has 6 heteroatoms. The summed E-state index contributed by atoms with van der Waals surface area (Å²) in [6, 6.07) is 1.81. The molecule has 0 fully saturated rings. The minimum Gasteiger partial charge on any atom is -0.469 e. The molecule has 17 heavy (non-hydrogen) atoms. The third kappa shape index (κ3) is 2.37. The topological polar surface area (TPSA) is 81.9 Å². The van der Waals surface area contributed by atoms with Crippen molar-refractivity contribution in [3.63, 3.8) is 0 Å². The van der Waals surface area contributed by atoms with Crippen LogP contribution in [0.2, 0.25) is 0 Å². The number of hydrogen-bond acceptors (Lipinski definition) is 5. The lowest BCUT2D eigenvalue weighted by molar-refractivity contribution is 0.501. The maximum Gasteiger partial charge on any atom is 0.101 e. The summed E-state index contributed by atoms with van der Waals surface area (Å²) < 4.78 is 7.15. The standard InChI is InChI=1S/C11H17N5O/c1-3-4-16-10(6-13-15-16)11(14-12)9-5-8(2)17-7-9/h5-7,11,14H,3-4,12H2,1-2H3. The van der Waals surface area contributed by atoms with Crippen LogP contribution in [0.4, 0.5) is 0 Å². The van der Waals surface area contributed by atoms with Gasteiger partial charge in [-0.1, -0.05) is 12.1 Å². The Balaban J connectivity index is 2.31. The van der Waals surface area contributed by atoms with E-state index in [0.717, 1.165) is 30.0 Å². The average molecular weight is 235 g/mol. The van der Waals surface area contributed by atoms with Crippen molar-refractivity contribution in [3.8, 4) is 0 Å². The molecule has 1 unspecified atom stereocenters. The molecule has 6 nitrogen and oxygen atoms in total. The Morgan fingerprint density at radius 3 is 3.00 bits per heavy atom. The van der Waals surface area contributed by atoms with Crippen molar-refractivity contribution in [2.45, 2.75) is 32.9 Å². The lowest BCUT2D eigenvalue weighted by atomic mass is 10.1. The van der Waals surface area contributed by atoms with Crippen LogP contribution in [0.3, 0.4) is 0 Å². The molecule has 0 amide bonds. The first-order valence-corrected chi connectivity index (χ1v) is 5.65. The minimum atomic E-state index is -0.144. The smallest absolute Gasteiger partial charge is 0.101 e. The molecule has 0 aliphatic carbocycles. The number of nitrogens with zero attached hydrogens (tertiary/aromatic N) is 3. The first-order valence-electron chi connectivity index (χ1n) is 5.65. The van der Waals surface area contributed by atoms with Crippen LogP contribution >= 0.6 is 0 Å². The lowest BCUT2D eigenvalue weighted by Crippen LogP contribution is -2.30. The van der Waals surface area contributed by atoms with Gasteiger partial charge < -0.3 is 4.42 Å². The molecule has 0 aliphatic heterocycles. The van der Waals surface area contributed by atoms with Gasteiger partial charge in [-0.15, -0.1) is 5.10 Å². The highest BCUT2D eigenvalue weighted by atomic mass is 16.3. The molecule has 2 heterocycles. The Hall–Kier alpha value is -1.66. The van der Waals surface area contributed by atoms with Crippen LogP contribution in [0, 0.1) is 6.92 Å². The maximum absolute atomic E-state index is 5.61. The van der Waals surface area contributed by atoms with E-state index in [1.807, 2.05) is 17.7 Å². The van der Waals surface area contributed by atoms with E-state index in [0.29, 0.717) is 0 Å². The summed E-state index contributed by atoms with van der Waals surface area (Å²) in [5, 5.41) is 7.98. The molecule has 0 aromatic carbocycles. The summed E-state index contributed by atoms with van der Waals surface area (Å²) in [4.78, 5) is 0. The Bertz CT molecular complexity index is 476. The molecule has 0 aliphatic rings. The van der Waals surface area contributed by atoms with Crippen molar-refractivity contribution >= 4 is 0 Å². The normalized spacial score (nSPS) is 12.9. The van der Waals surface area contributed by atoms with Crippen molar-refractivity contribution in [2.75, 3.05) is 0 Å². The van der Waals surface area contributed by atoms with Crippen LogP contribution in [-0.2, 0) is 6.54 Å². The van der Waals surface area contributed by atoms with Crippen molar-refractivity contribution < 1.29 is 4.42 Å². The second kappa shape index (κ2) is 5.11. The highest BCUT2D eigenvalue weighted by Crippen LogP contribution is 2.22. The minimum absolute atomic E-state index is 0.144. The van der Waals surface area contributed by atoms with Gasteiger partial charge in [-0.25, -0.2) is 10.1 Å². The second-order valence-corrected chi connectivity index (χ2v) is 3.97. The highest BCUT2D eigenvalue weighted by Gasteiger charge is 2.19. The fourth-order valence-corrected chi connectivity index (χ4v) is 1.84. The molecule has 0 radical (unpaired) electrons. The van der Waals surface area contributed by atoms with Crippen LogP contribution in [0.5, 0.6) is 0 Å². The number of nitrogens with one attached hydrogen (secondary N) is 1. The quantitative estimate of drug-likeness (QED) is 0.600. The zero-order valence-electron chi connectivity index (χ0n) is 10.1. The fourth-order valence-electron chi connectivity index (χ4n) is 1.84. The molecule has 0 saturated carbocycles. The van der Waals surface area contributed by atoms with E-state index in [2.05, 4.69) is 22.7 Å². The summed E-state index contributed by atoms with van der Waals surface area (Å²) in [5.74, 6) is 6.47. The van der Waals surface area contributed by atoms with Gasteiger partial charge in [0.05, 0.1) is 24.2 Å². The van der Waals surface area contributed by atoms with Crippen molar-refractivity contribution in [1.29, 1.82) is 0 Å².